The van der Waals surface area contributed by atoms with E-state index in [1.54, 1.807) is 0 Å². The fourth-order valence-electron chi connectivity index (χ4n) is 1.86. The molecule has 14 heavy (non-hydrogen) atoms. The maximum Gasteiger partial charge on any atom is 0.149 e. The standard InChI is InChI=1S/C10H19NO2S/c1-3-11-10(8-14(2,12)13)9-6-4-5-7-9/h6,10-11H,3-5,7-8H2,1-2H3. The first-order valence-corrected chi connectivity index (χ1v) is 7.19. The summed E-state index contributed by atoms with van der Waals surface area (Å²) >= 11 is 0. The van der Waals surface area contributed by atoms with Gasteiger partial charge in [0, 0.05) is 12.3 Å². The zero-order valence-electron chi connectivity index (χ0n) is 8.91. The van der Waals surface area contributed by atoms with Gasteiger partial charge in [0.2, 0.25) is 0 Å². The highest BCUT2D eigenvalue weighted by molar-refractivity contribution is 7.90. The largest absolute Gasteiger partial charge is 0.310 e. The van der Waals surface area contributed by atoms with Crippen molar-refractivity contribution < 1.29 is 8.42 Å². The molecule has 0 bridgehead atoms. The third-order valence-electron chi connectivity index (χ3n) is 2.44. The molecule has 1 atom stereocenters. The smallest absolute Gasteiger partial charge is 0.149 e. The Balaban J connectivity index is 2.64. The summed E-state index contributed by atoms with van der Waals surface area (Å²) in [5.41, 5.74) is 1.28. The number of hydrogen-bond donors (Lipinski definition) is 1. The Kier molecular flexibility index (Phi) is 4.13. The third kappa shape index (κ3) is 3.80. The molecule has 82 valence electrons. The molecular weight excluding hydrogens is 198 g/mol. The number of rotatable bonds is 5. The topological polar surface area (TPSA) is 46.2 Å². The van der Waals surface area contributed by atoms with Crippen LogP contribution in [0.4, 0.5) is 0 Å². The Morgan fingerprint density at radius 1 is 1.57 bits per heavy atom. The van der Waals surface area contributed by atoms with Crippen LogP contribution in [0.3, 0.4) is 0 Å². The van der Waals surface area contributed by atoms with E-state index in [9.17, 15) is 8.42 Å². The zero-order valence-corrected chi connectivity index (χ0v) is 9.73. The van der Waals surface area contributed by atoms with Crippen molar-refractivity contribution in [2.75, 3.05) is 18.6 Å². The van der Waals surface area contributed by atoms with Crippen molar-refractivity contribution in [2.24, 2.45) is 0 Å². The average molecular weight is 217 g/mol. The fourth-order valence-corrected chi connectivity index (χ4v) is 2.80. The molecule has 0 aromatic heterocycles. The minimum Gasteiger partial charge on any atom is -0.310 e. The molecule has 0 aromatic carbocycles. The second-order valence-corrected chi connectivity index (χ2v) is 6.06. The number of allylic oxidation sites excluding steroid dienone is 1. The van der Waals surface area contributed by atoms with Crippen LogP contribution in [0.1, 0.15) is 26.2 Å². The van der Waals surface area contributed by atoms with E-state index in [-0.39, 0.29) is 11.8 Å². The van der Waals surface area contributed by atoms with Crippen LogP contribution in [-0.2, 0) is 9.84 Å². The first-order valence-electron chi connectivity index (χ1n) is 5.13. The predicted molar refractivity (Wildman–Crippen MR) is 59.1 cm³/mol. The maximum absolute atomic E-state index is 11.2. The molecule has 0 radical (unpaired) electrons. The summed E-state index contributed by atoms with van der Waals surface area (Å²) < 4.78 is 22.4. The molecule has 0 aromatic rings. The van der Waals surface area contributed by atoms with Gasteiger partial charge in [0.05, 0.1) is 5.75 Å². The third-order valence-corrected chi connectivity index (χ3v) is 3.38. The molecule has 1 unspecified atom stereocenters. The van der Waals surface area contributed by atoms with Crippen molar-refractivity contribution >= 4 is 9.84 Å². The van der Waals surface area contributed by atoms with Gasteiger partial charge in [-0.1, -0.05) is 18.6 Å². The molecule has 0 heterocycles. The van der Waals surface area contributed by atoms with Gasteiger partial charge >= 0.3 is 0 Å². The predicted octanol–water partition coefficient (Wildman–Crippen LogP) is 1.12. The van der Waals surface area contributed by atoms with Crippen molar-refractivity contribution in [3.05, 3.63) is 11.6 Å². The van der Waals surface area contributed by atoms with Crippen LogP contribution in [-0.4, -0.2) is 33.0 Å². The lowest BCUT2D eigenvalue weighted by Crippen LogP contribution is -2.36. The van der Waals surface area contributed by atoms with Crippen LogP contribution in [0.25, 0.3) is 0 Å². The second-order valence-electron chi connectivity index (χ2n) is 3.87. The van der Waals surface area contributed by atoms with Crippen LogP contribution in [0, 0.1) is 0 Å². The van der Waals surface area contributed by atoms with E-state index in [0.29, 0.717) is 0 Å². The summed E-state index contributed by atoms with van der Waals surface area (Å²) in [4.78, 5) is 0. The number of nitrogens with one attached hydrogen (secondary N) is 1. The van der Waals surface area contributed by atoms with Crippen molar-refractivity contribution in [1.29, 1.82) is 0 Å². The van der Waals surface area contributed by atoms with Crippen LogP contribution in [0.15, 0.2) is 11.6 Å². The lowest BCUT2D eigenvalue weighted by Gasteiger charge is -2.18. The van der Waals surface area contributed by atoms with Gasteiger partial charge in [0.15, 0.2) is 0 Å². The van der Waals surface area contributed by atoms with Gasteiger partial charge in [-0.15, -0.1) is 0 Å². The number of sulfone groups is 1. The van der Waals surface area contributed by atoms with Crippen LogP contribution in [0.5, 0.6) is 0 Å². The Hall–Kier alpha value is -0.350. The van der Waals surface area contributed by atoms with Crippen molar-refractivity contribution in [3.63, 3.8) is 0 Å². The first kappa shape index (κ1) is 11.7. The van der Waals surface area contributed by atoms with Crippen LogP contribution in [0.2, 0.25) is 0 Å². The van der Waals surface area contributed by atoms with Crippen molar-refractivity contribution in [3.8, 4) is 0 Å². The Morgan fingerprint density at radius 3 is 2.71 bits per heavy atom. The molecule has 0 spiro atoms. The summed E-state index contributed by atoms with van der Waals surface area (Å²) in [6.07, 6.45) is 6.79. The van der Waals surface area contributed by atoms with E-state index in [0.717, 1.165) is 19.4 Å². The Labute approximate surface area is 86.5 Å². The Morgan fingerprint density at radius 2 is 2.29 bits per heavy atom. The maximum atomic E-state index is 11.2. The summed E-state index contributed by atoms with van der Waals surface area (Å²) in [6, 6.07) is 0.0394. The summed E-state index contributed by atoms with van der Waals surface area (Å²) in [7, 11) is -2.89. The summed E-state index contributed by atoms with van der Waals surface area (Å²) in [6.45, 7) is 2.82. The first-order chi connectivity index (χ1) is 6.53. The van der Waals surface area contributed by atoms with Gasteiger partial charge in [-0.25, -0.2) is 8.42 Å². The van der Waals surface area contributed by atoms with Gasteiger partial charge in [-0.05, 0) is 25.8 Å². The van der Waals surface area contributed by atoms with Crippen LogP contribution < -0.4 is 5.32 Å². The van der Waals surface area contributed by atoms with Crippen molar-refractivity contribution in [2.45, 2.75) is 32.2 Å². The van der Waals surface area contributed by atoms with Gasteiger partial charge in [-0.3, -0.25) is 0 Å². The second kappa shape index (κ2) is 4.94. The molecule has 0 saturated carbocycles. The fraction of sp³-hybridized carbons (Fsp3) is 0.800. The highest BCUT2D eigenvalue weighted by Crippen LogP contribution is 2.21. The highest BCUT2D eigenvalue weighted by Gasteiger charge is 2.20. The lowest BCUT2D eigenvalue weighted by atomic mass is 10.1. The summed E-state index contributed by atoms with van der Waals surface area (Å²) in [5.74, 6) is 0.229. The van der Waals surface area contributed by atoms with Gasteiger partial charge in [-0.2, -0.15) is 0 Å². The molecule has 0 amide bonds. The zero-order chi connectivity index (χ0) is 10.6. The molecule has 1 rings (SSSR count). The van der Waals surface area contributed by atoms with E-state index in [4.69, 9.17) is 0 Å². The minimum atomic E-state index is -2.89. The van der Waals surface area contributed by atoms with E-state index < -0.39 is 9.84 Å². The molecule has 0 fully saturated rings. The quantitative estimate of drug-likeness (QED) is 0.702. The number of hydrogen-bond acceptors (Lipinski definition) is 3. The van der Waals surface area contributed by atoms with Gasteiger partial charge < -0.3 is 5.32 Å². The molecule has 0 saturated heterocycles. The van der Waals surface area contributed by atoms with Crippen LogP contribution >= 0.6 is 0 Å². The molecule has 1 N–H and O–H groups in total. The summed E-state index contributed by atoms with van der Waals surface area (Å²) in [5, 5.41) is 3.23. The molecule has 0 aliphatic heterocycles. The van der Waals surface area contributed by atoms with Crippen molar-refractivity contribution in [1.82, 2.24) is 5.32 Å². The average Bonchev–Trinajstić information content (AvgIpc) is 2.52. The minimum absolute atomic E-state index is 0.0394. The number of likely N-dealkylation sites (N-methyl/N-ethyl adjacent to an activating group) is 1. The monoisotopic (exact) mass is 217 g/mol. The normalized spacial score (nSPS) is 19.4. The van der Waals surface area contributed by atoms with E-state index in [1.807, 2.05) is 6.92 Å². The van der Waals surface area contributed by atoms with Gasteiger partial charge in [0.25, 0.3) is 0 Å². The Bertz CT molecular complexity index is 306. The molecule has 3 nitrogen and oxygen atoms in total. The van der Waals surface area contributed by atoms with E-state index in [2.05, 4.69) is 11.4 Å². The molecule has 4 heteroatoms. The lowest BCUT2D eigenvalue weighted by molar-refractivity contribution is 0.574. The highest BCUT2D eigenvalue weighted by atomic mass is 32.2. The molecule has 1 aliphatic rings. The molecular formula is C10H19NO2S. The van der Waals surface area contributed by atoms with E-state index >= 15 is 0 Å². The molecule has 1 aliphatic carbocycles. The SMILES string of the molecule is CCNC(CS(C)(=O)=O)C1=CCCC1. The van der Waals surface area contributed by atoms with E-state index in [1.165, 1.54) is 18.2 Å². The van der Waals surface area contributed by atoms with Gasteiger partial charge in [0.1, 0.15) is 9.84 Å².